The summed E-state index contributed by atoms with van der Waals surface area (Å²) in [6, 6.07) is 10.1. The van der Waals surface area contributed by atoms with E-state index in [-0.39, 0.29) is 18.0 Å². The van der Waals surface area contributed by atoms with E-state index in [9.17, 15) is 4.79 Å². The molecule has 0 atom stereocenters. The third-order valence-corrected chi connectivity index (χ3v) is 3.10. The minimum Gasteiger partial charge on any atom is -0.345 e. The van der Waals surface area contributed by atoms with Gasteiger partial charge < -0.3 is 11.1 Å². The summed E-state index contributed by atoms with van der Waals surface area (Å²) in [6.07, 6.45) is 3.20. The first kappa shape index (κ1) is 10.2. The Kier molecular flexibility index (Phi) is 2.73. The third kappa shape index (κ3) is 1.88. The van der Waals surface area contributed by atoms with Crippen molar-refractivity contribution in [3.63, 3.8) is 0 Å². The number of hydrogen-bond acceptors (Lipinski definition) is 2. The number of hydrogen-bond donors (Lipinski definition) is 2. The molecule has 1 saturated carbocycles. The monoisotopic (exact) mass is 204 g/mol. The van der Waals surface area contributed by atoms with E-state index in [4.69, 9.17) is 5.73 Å². The zero-order valence-electron chi connectivity index (χ0n) is 8.70. The molecule has 3 N–H and O–H groups in total. The van der Waals surface area contributed by atoms with Crippen LogP contribution in [-0.2, 0) is 10.3 Å². The topological polar surface area (TPSA) is 55.1 Å². The Morgan fingerprint density at radius 3 is 2.47 bits per heavy atom. The van der Waals surface area contributed by atoms with E-state index in [2.05, 4.69) is 17.4 Å². The Hall–Kier alpha value is -1.35. The average molecular weight is 204 g/mol. The van der Waals surface area contributed by atoms with E-state index in [1.165, 1.54) is 12.0 Å². The van der Waals surface area contributed by atoms with Crippen LogP contribution in [0.15, 0.2) is 30.3 Å². The number of benzene rings is 1. The molecule has 0 aliphatic heterocycles. The fourth-order valence-electron chi connectivity index (χ4n) is 2.09. The lowest BCUT2D eigenvalue weighted by atomic mass is 9.72. The van der Waals surface area contributed by atoms with Crippen LogP contribution in [0.1, 0.15) is 24.8 Å². The van der Waals surface area contributed by atoms with Gasteiger partial charge in [0.15, 0.2) is 0 Å². The SMILES string of the molecule is NCC(=O)NC1(c2ccccc2)CCC1. The Morgan fingerprint density at radius 1 is 1.33 bits per heavy atom. The molecule has 1 aliphatic rings. The van der Waals surface area contributed by atoms with Crippen molar-refractivity contribution in [3.8, 4) is 0 Å². The van der Waals surface area contributed by atoms with Gasteiger partial charge in [-0.05, 0) is 24.8 Å². The molecule has 15 heavy (non-hydrogen) atoms. The fourth-order valence-corrected chi connectivity index (χ4v) is 2.09. The summed E-state index contributed by atoms with van der Waals surface area (Å²) in [7, 11) is 0. The van der Waals surface area contributed by atoms with Gasteiger partial charge in [0.2, 0.25) is 5.91 Å². The molecule has 3 nitrogen and oxygen atoms in total. The van der Waals surface area contributed by atoms with Crippen LogP contribution in [0.2, 0.25) is 0 Å². The third-order valence-electron chi connectivity index (χ3n) is 3.10. The minimum atomic E-state index is -0.141. The number of rotatable bonds is 3. The molecule has 0 radical (unpaired) electrons. The molecule has 0 spiro atoms. The Bertz CT molecular complexity index is 344. The van der Waals surface area contributed by atoms with Crippen LogP contribution in [0.4, 0.5) is 0 Å². The first-order chi connectivity index (χ1) is 7.27. The van der Waals surface area contributed by atoms with Crippen LogP contribution in [0, 0.1) is 0 Å². The molecule has 1 aromatic rings. The maximum atomic E-state index is 11.4. The van der Waals surface area contributed by atoms with Gasteiger partial charge in [-0.15, -0.1) is 0 Å². The predicted molar refractivity (Wildman–Crippen MR) is 59.2 cm³/mol. The van der Waals surface area contributed by atoms with Crippen molar-refractivity contribution in [1.82, 2.24) is 5.32 Å². The Morgan fingerprint density at radius 2 is 2.00 bits per heavy atom. The molecule has 0 saturated heterocycles. The number of nitrogens with two attached hydrogens (primary N) is 1. The first-order valence-electron chi connectivity index (χ1n) is 5.33. The summed E-state index contributed by atoms with van der Waals surface area (Å²) in [5, 5.41) is 3.03. The highest BCUT2D eigenvalue weighted by molar-refractivity contribution is 5.79. The summed E-state index contributed by atoms with van der Waals surface area (Å²) in [5.41, 5.74) is 6.38. The van der Waals surface area contributed by atoms with Gasteiger partial charge in [-0.2, -0.15) is 0 Å². The van der Waals surface area contributed by atoms with Crippen molar-refractivity contribution in [1.29, 1.82) is 0 Å². The van der Waals surface area contributed by atoms with Gasteiger partial charge in [0.25, 0.3) is 0 Å². The highest BCUT2D eigenvalue weighted by atomic mass is 16.2. The predicted octanol–water partition coefficient (Wildman–Crippen LogP) is 1.14. The van der Waals surface area contributed by atoms with Crippen LogP contribution < -0.4 is 11.1 Å². The van der Waals surface area contributed by atoms with Crippen molar-refractivity contribution in [3.05, 3.63) is 35.9 Å². The second-order valence-electron chi connectivity index (χ2n) is 4.05. The summed E-state index contributed by atoms with van der Waals surface area (Å²) in [6.45, 7) is 0.0641. The van der Waals surface area contributed by atoms with E-state index >= 15 is 0 Å². The molecule has 1 aliphatic carbocycles. The minimum absolute atomic E-state index is 0.0641. The highest BCUT2D eigenvalue weighted by Gasteiger charge is 2.39. The molecule has 1 aromatic carbocycles. The lowest BCUT2D eigenvalue weighted by molar-refractivity contribution is -0.122. The highest BCUT2D eigenvalue weighted by Crippen LogP contribution is 2.40. The zero-order chi connectivity index (χ0) is 10.7. The molecule has 0 heterocycles. The molecular formula is C12H16N2O. The smallest absolute Gasteiger partial charge is 0.234 e. The maximum absolute atomic E-state index is 11.4. The zero-order valence-corrected chi connectivity index (χ0v) is 8.70. The van der Waals surface area contributed by atoms with Gasteiger partial charge in [-0.3, -0.25) is 4.79 Å². The number of nitrogens with one attached hydrogen (secondary N) is 1. The van der Waals surface area contributed by atoms with E-state index in [0.717, 1.165) is 12.8 Å². The molecule has 1 fully saturated rings. The lowest BCUT2D eigenvalue weighted by Gasteiger charge is -2.43. The van der Waals surface area contributed by atoms with Gasteiger partial charge >= 0.3 is 0 Å². The largest absolute Gasteiger partial charge is 0.345 e. The van der Waals surface area contributed by atoms with E-state index in [1.54, 1.807) is 0 Å². The van der Waals surface area contributed by atoms with Crippen LogP contribution in [-0.4, -0.2) is 12.5 Å². The van der Waals surface area contributed by atoms with Gasteiger partial charge in [-0.1, -0.05) is 30.3 Å². The van der Waals surface area contributed by atoms with Crippen molar-refractivity contribution >= 4 is 5.91 Å². The molecule has 0 aromatic heterocycles. The van der Waals surface area contributed by atoms with Crippen LogP contribution in [0.3, 0.4) is 0 Å². The molecule has 3 heteroatoms. The van der Waals surface area contributed by atoms with E-state index in [1.807, 2.05) is 18.2 Å². The molecule has 1 amide bonds. The van der Waals surface area contributed by atoms with Gasteiger partial charge in [0, 0.05) is 0 Å². The fraction of sp³-hybridized carbons (Fsp3) is 0.417. The van der Waals surface area contributed by atoms with Crippen molar-refractivity contribution < 1.29 is 4.79 Å². The van der Waals surface area contributed by atoms with Gasteiger partial charge in [-0.25, -0.2) is 0 Å². The molecule has 80 valence electrons. The van der Waals surface area contributed by atoms with Crippen LogP contribution >= 0.6 is 0 Å². The Labute approximate surface area is 89.7 Å². The quantitative estimate of drug-likeness (QED) is 0.775. The maximum Gasteiger partial charge on any atom is 0.234 e. The van der Waals surface area contributed by atoms with E-state index in [0.29, 0.717) is 0 Å². The second kappa shape index (κ2) is 4.03. The molecular weight excluding hydrogens is 188 g/mol. The normalized spacial score (nSPS) is 17.9. The summed E-state index contributed by atoms with van der Waals surface area (Å²) in [4.78, 5) is 11.4. The van der Waals surface area contributed by atoms with E-state index < -0.39 is 0 Å². The summed E-state index contributed by atoms with van der Waals surface area (Å²) in [5.74, 6) is -0.0708. The summed E-state index contributed by atoms with van der Waals surface area (Å²) < 4.78 is 0. The first-order valence-corrected chi connectivity index (χ1v) is 5.33. The van der Waals surface area contributed by atoms with Crippen molar-refractivity contribution in [2.45, 2.75) is 24.8 Å². The molecule has 2 rings (SSSR count). The van der Waals surface area contributed by atoms with Gasteiger partial charge in [0.1, 0.15) is 0 Å². The van der Waals surface area contributed by atoms with Crippen LogP contribution in [0.25, 0.3) is 0 Å². The number of carbonyl (C=O) groups is 1. The number of amides is 1. The second-order valence-corrected chi connectivity index (χ2v) is 4.05. The summed E-state index contributed by atoms with van der Waals surface area (Å²) >= 11 is 0. The van der Waals surface area contributed by atoms with Crippen LogP contribution in [0.5, 0.6) is 0 Å². The molecule has 0 bridgehead atoms. The average Bonchev–Trinajstić information content (AvgIpc) is 2.24. The van der Waals surface area contributed by atoms with Crippen molar-refractivity contribution in [2.24, 2.45) is 5.73 Å². The standard InChI is InChI=1S/C12H16N2O/c13-9-11(15)14-12(7-4-8-12)10-5-2-1-3-6-10/h1-3,5-6H,4,7-9,13H2,(H,14,15). The Balaban J connectivity index is 2.19. The molecule has 0 unspecified atom stereocenters. The lowest BCUT2D eigenvalue weighted by Crippen LogP contribution is -2.52. The number of carbonyl (C=O) groups excluding carboxylic acids is 1. The van der Waals surface area contributed by atoms with Crippen molar-refractivity contribution in [2.75, 3.05) is 6.54 Å². The van der Waals surface area contributed by atoms with Gasteiger partial charge in [0.05, 0.1) is 12.1 Å².